The first-order chi connectivity index (χ1) is 12.7. The second kappa shape index (κ2) is 7.11. The number of nitrogens with zero attached hydrogens (tertiary/aromatic N) is 2. The van der Waals surface area contributed by atoms with Crippen molar-refractivity contribution >= 4 is 22.5 Å². The molecule has 4 rings (SSSR count). The molecule has 26 heavy (non-hydrogen) atoms. The van der Waals surface area contributed by atoms with Gasteiger partial charge in [-0.05, 0) is 35.9 Å². The zero-order valence-corrected chi connectivity index (χ0v) is 14.7. The van der Waals surface area contributed by atoms with Gasteiger partial charge in [-0.25, -0.2) is 5.10 Å². The number of hydrogen-bond acceptors (Lipinski definition) is 5. The van der Waals surface area contributed by atoms with E-state index in [0.717, 1.165) is 26.3 Å². The van der Waals surface area contributed by atoms with Crippen molar-refractivity contribution in [3.05, 3.63) is 83.0 Å². The molecule has 0 saturated carbocycles. The predicted molar refractivity (Wildman–Crippen MR) is 104 cm³/mol. The maximum Gasteiger partial charge on any atom is 0.272 e. The molecule has 0 radical (unpaired) electrons. The third kappa shape index (κ3) is 3.24. The van der Waals surface area contributed by atoms with E-state index in [-0.39, 0.29) is 12.1 Å². The van der Waals surface area contributed by atoms with Crippen LogP contribution < -0.4 is 11.3 Å². The molecule has 0 bridgehead atoms. The van der Waals surface area contributed by atoms with Crippen molar-refractivity contribution in [2.75, 3.05) is 0 Å². The molecule has 128 valence electrons. The summed E-state index contributed by atoms with van der Waals surface area (Å²) in [7, 11) is 0. The lowest BCUT2D eigenvalue weighted by Crippen LogP contribution is -2.13. The van der Waals surface area contributed by atoms with E-state index in [9.17, 15) is 4.79 Å². The van der Waals surface area contributed by atoms with Gasteiger partial charge in [0.2, 0.25) is 0 Å². The summed E-state index contributed by atoms with van der Waals surface area (Å²) in [6, 6.07) is 17.9. The number of rotatable bonds is 4. The summed E-state index contributed by atoms with van der Waals surface area (Å²) in [6.07, 6.45) is 3.67. The van der Waals surface area contributed by atoms with E-state index >= 15 is 0 Å². The van der Waals surface area contributed by atoms with Gasteiger partial charge in [-0.3, -0.25) is 9.78 Å². The van der Waals surface area contributed by atoms with Crippen LogP contribution >= 0.6 is 11.8 Å². The lowest BCUT2D eigenvalue weighted by molar-refractivity contribution is 0.900. The minimum Gasteiger partial charge on any atom is -0.325 e. The maximum absolute atomic E-state index is 12.0. The number of fused-ring (bicyclic) bond motifs is 1. The maximum atomic E-state index is 12.0. The van der Waals surface area contributed by atoms with Crippen LogP contribution in [0.1, 0.15) is 5.69 Å². The van der Waals surface area contributed by atoms with Gasteiger partial charge >= 0.3 is 0 Å². The summed E-state index contributed by atoms with van der Waals surface area (Å²) in [5.74, 6) is 0. The number of aromatic amines is 1. The second-order valence-electron chi connectivity index (χ2n) is 5.79. The monoisotopic (exact) mass is 360 g/mol. The number of hydrogen-bond donors (Lipinski definition) is 2. The Morgan fingerprint density at radius 3 is 2.58 bits per heavy atom. The highest BCUT2D eigenvalue weighted by atomic mass is 32.2. The van der Waals surface area contributed by atoms with Crippen molar-refractivity contribution in [2.24, 2.45) is 5.73 Å². The summed E-state index contributed by atoms with van der Waals surface area (Å²) in [4.78, 5) is 18.6. The van der Waals surface area contributed by atoms with Crippen molar-refractivity contribution in [1.82, 2.24) is 15.2 Å². The molecule has 4 aromatic rings. The molecule has 5 nitrogen and oxygen atoms in total. The molecule has 0 aliphatic rings. The normalized spacial score (nSPS) is 11.0. The first-order valence-electron chi connectivity index (χ1n) is 8.14. The van der Waals surface area contributed by atoms with Crippen molar-refractivity contribution in [3.8, 4) is 11.1 Å². The average Bonchev–Trinajstić information content (AvgIpc) is 2.69. The van der Waals surface area contributed by atoms with E-state index in [1.807, 2.05) is 42.7 Å². The molecule has 0 spiro atoms. The van der Waals surface area contributed by atoms with E-state index in [0.29, 0.717) is 11.1 Å². The fourth-order valence-electron chi connectivity index (χ4n) is 2.81. The topological polar surface area (TPSA) is 84.7 Å². The molecule has 0 saturated heterocycles. The smallest absolute Gasteiger partial charge is 0.272 e. The fourth-order valence-corrected chi connectivity index (χ4v) is 3.68. The van der Waals surface area contributed by atoms with Crippen LogP contribution in [0.5, 0.6) is 0 Å². The van der Waals surface area contributed by atoms with Crippen LogP contribution in [0.15, 0.2) is 81.6 Å². The Hall–Kier alpha value is -2.96. The number of nitrogens with one attached hydrogen (secondary N) is 1. The Morgan fingerprint density at radius 2 is 1.77 bits per heavy atom. The van der Waals surface area contributed by atoms with Gasteiger partial charge in [-0.1, -0.05) is 36.0 Å². The molecule has 3 N–H and O–H groups in total. The highest BCUT2D eigenvalue weighted by Gasteiger charge is 2.08. The molecule has 0 unspecified atom stereocenters. The van der Waals surface area contributed by atoms with Crippen LogP contribution in [0.3, 0.4) is 0 Å². The third-order valence-electron chi connectivity index (χ3n) is 4.09. The molecule has 2 heterocycles. The van der Waals surface area contributed by atoms with Crippen LogP contribution in [0, 0.1) is 0 Å². The predicted octanol–water partition coefficient (Wildman–Crippen LogP) is 3.60. The van der Waals surface area contributed by atoms with E-state index < -0.39 is 0 Å². The number of nitrogens with two attached hydrogens (primary N) is 1. The average molecular weight is 360 g/mol. The van der Waals surface area contributed by atoms with Crippen LogP contribution in [0.4, 0.5) is 0 Å². The number of H-pyrrole nitrogens is 1. The fraction of sp³-hybridized carbons (Fsp3) is 0.0500. The van der Waals surface area contributed by atoms with Crippen molar-refractivity contribution in [1.29, 1.82) is 0 Å². The molecule has 2 aromatic heterocycles. The number of pyridine rings is 1. The molecular formula is C20H16N4OS. The summed E-state index contributed by atoms with van der Waals surface area (Å²) in [6.45, 7) is 0.263. The van der Waals surface area contributed by atoms with E-state index in [1.165, 1.54) is 0 Å². The SMILES string of the molecule is NCc1n[nH]c(=O)c2ccc(-c3cncc(Sc4ccccc4)c3)cc12. The van der Waals surface area contributed by atoms with Gasteiger partial charge in [0.25, 0.3) is 5.56 Å². The Labute approximate surface area is 154 Å². The first-order valence-corrected chi connectivity index (χ1v) is 8.96. The molecule has 0 fully saturated rings. The van der Waals surface area contributed by atoms with Crippen molar-refractivity contribution in [2.45, 2.75) is 16.3 Å². The van der Waals surface area contributed by atoms with Crippen LogP contribution in [0.25, 0.3) is 21.9 Å². The first kappa shape index (κ1) is 16.5. The van der Waals surface area contributed by atoms with Gasteiger partial charge in [0.15, 0.2) is 0 Å². The Kier molecular flexibility index (Phi) is 4.51. The van der Waals surface area contributed by atoms with E-state index in [1.54, 1.807) is 17.8 Å². The zero-order chi connectivity index (χ0) is 17.9. The standard InChI is InChI=1S/C20H16N4OS/c21-10-19-18-9-13(6-7-17(18)20(25)24-23-19)14-8-16(12-22-11-14)26-15-4-2-1-3-5-15/h1-9,11-12H,10,21H2,(H,24,25). The molecular weight excluding hydrogens is 344 g/mol. The number of aromatic nitrogens is 3. The van der Waals surface area contributed by atoms with Gasteiger partial charge < -0.3 is 5.73 Å². The Bertz CT molecular complexity index is 1130. The third-order valence-corrected chi connectivity index (χ3v) is 5.05. The second-order valence-corrected chi connectivity index (χ2v) is 6.94. The largest absolute Gasteiger partial charge is 0.325 e. The molecule has 0 amide bonds. The van der Waals surface area contributed by atoms with Crippen LogP contribution in [-0.2, 0) is 6.54 Å². The minimum atomic E-state index is -0.213. The Balaban J connectivity index is 1.76. The highest BCUT2D eigenvalue weighted by molar-refractivity contribution is 7.99. The highest BCUT2D eigenvalue weighted by Crippen LogP contribution is 2.31. The molecule has 0 atom stereocenters. The minimum absolute atomic E-state index is 0.213. The zero-order valence-electron chi connectivity index (χ0n) is 13.8. The van der Waals surface area contributed by atoms with Gasteiger partial charge in [0.1, 0.15) is 0 Å². The lowest BCUT2D eigenvalue weighted by atomic mass is 10.0. The van der Waals surface area contributed by atoms with E-state index in [4.69, 9.17) is 5.73 Å². The summed E-state index contributed by atoms with van der Waals surface area (Å²) >= 11 is 1.66. The van der Waals surface area contributed by atoms with E-state index in [2.05, 4.69) is 33.4 Å². The lowest BCUT2D eigenvalue weighted by Gasteiger charge is -2.08. The van der Waals surface area contributed by atoms with Crippen LogP contribution in [0.2, 0.25) is 0 Å². The quantitative estimate of drug-likeness (QED) is 0.581. The van der Waals surface area contributed by atoms with Crippen molar-refractivity contribution < 1.29 is 0 Å². The van der Waals surface area contributed by atoms with Gasteiger partial charge in [0.05, 0.1) is 11.1 Å². The molecule has 6 heteroatoms. The number of benzene rings is 2. The van der Waals surface area contributed by atoms with Gasteiger partial charge in [0, 0.05) is 39.7 Å². The van der Waals surface area contributed by atoms with Crippen molar-refractivity contribution in [3.63, 3.8) is 0 Å². The molecule has 0 aliphatic heterocycles. The summed E-state index contributed by atoms with van der Waals surface area (Å²) in [5.41, 5.74) is 8.18. The van der Waals surface area contributed by atoms with Gasteiger partial charge in [-0.2, -0.15) is 5.10 Å². The molecule has 2 aromatic carbocycles. The summed E-state index contributed by atoms with van der Waals surface area (Å²) < 4.78 is 0. The Morgan fingerprint density at radius 1 is 0.923 bits per heavy atom. The van der Waals surface area contributed by atoms with Gasteiger partial charge in [-0.15, -0.1) is 0 Å². The summed E-state index contributed by atoms with van der Waals surface area (Å²) in [5, 5.41) is 7.90. The van der Waals surface area contributed by atoms with Crippen LogP contribution in [-0.4, -0.2) is 15.2 Å². The molecule has 0 aliphatic carbocycles.